The molecule has 3 aliphatic rings. The lowest BCUT2D eigenvalue weighted by Crippen LogP contribution is -2.53. The van der Waals surface area contributed by atoms with Gasteiger partial charge in [-0.2, -0.15) is 5.10 Å². The van der Waals surface area contributed by atoms with Crippen molar-refractivity contribution in [2.24, 2.45) is 0 Å². The van der Waals surface area contributed by atoms with Crippen molar-refractivity contribution in [2.75, 3.05) is 32.8 Å². The summed E-state index contributed by atoms with van der Waals surface area (Å²) in [4.78, 5) is 29.6. The fourth-order valence-electron chi connectivity index (χ4n) is 5.06. The maximum atomic E-state index is 13.5. The van der Waals surface area contributed by atoms with Gasteiger partial charge in [-0.15, -0.1) is 0 Å². The Morgan fingerprint density at radius 1 is 1.12 bits per heavy atom. The number of H-pyrrole nitrogens is 1. The number of nitrogens with zero attached hydrogens (tertiary/aromatic N) is 3. The molecule has 2 aromatic carbocycles. The van der Waals surface area contributed by atoms with Crippen molar-refractivity contribution in [3.8, 4) is 5.75 Å². The number of aliphatic hydroxyl groups is 1. The van der Waals surface area contributed by atoms with Crippen molar-refractivity contribution >= 4 is 16.7 Å². The summed E-state index contributed by atoms with van der Waals surface area (Å²) in [5, 5.41) is 18.7. The summed E-state index contributed by atoms with van der Waals surface area (Å²) >= 11 is 0. The van der Waals surface area contributed by atoms with Gasteiger partial charge in [-0.25, -0.2) is 5.10 Å². The van der Waals surface area contributed by atoms with Gasteiger partial charge < -0.3 is 14.7 Å². The van der Waals surface area contributed by atoms with Crippen LogP contribution in [0.5, 0.6) is 5.75 Å². The van der Waals surface area contributed by atoms with Gasteiger partial charge in [0.25, 0.3) is 11.5 Å². The first-order chi connectivity index (χ1) is 16.0. The Kier molecular flexibility index (Phi) is 4.74. The molecule has 1 aliphatic carbocycles. The SMILES string of the molecule is O=C(c1cc(Cc2n[nH]c(=O)c3ccccc23)cc2c1OCC2)N1CCN(C2(O)CC2)CC1. The first-order valence-electron chi connectivity index (χ1n) is 11.5. The quantitative estimate of drug-likeness (QED) is 0.633. The van der Waals surface area contributed by atoms with Crippen LogP contribution in [0.15, 0.2) is 41.2 Å². The molecule has 2 aliphatic heterocycles. The number of fused-ring (bicyclic) bond motifs is 2. The molecular formula is C25H26N4O4. The van der Waals surface area contributed by atoms with Crippen LogP contribution in [0.25, 0.3) is 10.8 Å². The van der Waals surface area contributed by atoms with Crippen molar-refractivity contribution in [3.05, 3.63) is 69.1 Å². The fourth-order valence-corrected chi connectivity index (χ4v) is 5.06. The number of hydrogen-bond acceptors (Lipinski definition) is 6. The molecule has 6 rings (SSSR count). The number of aromatic nitrogens is 2. The highest BCUT2D eigenvalue weighted by atomic mass is 16.5. The lowest BCUT2D eigenvalue weighted by atomic mass is 9.98. The van der Waals surface area contributed by atoms with Crippen molar-refractivity contribution in [2.45, 2.75) is 31.4 Å². The second-order valence-electron chi connectivity index (χ2n) is 9.21. The summed E-state index contributed by atoms with van der Waals surface area (Å²) in [7, 11) is 0. The van der Waals surface area contributed by atoms with Gasteiger partial charge in [-0.3, -0.25) is 14.5 Å². The number of rotatable bonds is 4. The third-order valence-corrected chi connectivity index (χ3v) is 7.07. The lowest BCUT2D eigenvalue weighted by molar-refractivity contribution is -0.0435. The average Bonchev–Trinajstić information content (AvgIpc) is 3.42. The van der Waals surface area contributed by atoms with Crippen LogP contribution in [0.2, 0.25) is 0 Å². The number of hydrogen-bond donors (Lipinski definition) is 2. The smallest absolute Gasteiger partial charge is 0.272 e. The molecule has 1 saturated carbocycles. The van der Waals surface area contributed by atoms with E-state index in [1.807, 2.05) is 29.2 Å². The predicted octanol–water partition coefficient (Wildman–Crippen LogP) is 1.69. The van der Waals surface area contributed by atoms with Gasteiger partial charge in [0.1, 0.15) is 11.5 Å². The molecule has 1 aromatic heterocycles. The van der Waals surface area contributed by atoms with E-state index >= 15 is 0 Å². The molecule has 8 heteroatoms. The average molecular weight is 447 g/mol. The van der Waals surface area contributed by atoms with Gasteiger partial charge in [0, 0.05) is 44.4 Å². The maximum Gasteiger partial charge on any atom is 0.272 e. The van der Waals surface area contributed by atoms with Gasteiger partial charge in [0.05, 0.1) is 23.3 Å². The van der Waals surface area contributed by atoms with Crippen LogP contribution in [0.3, 0.4) is 0 Å². The number of piperazine rings is 1. The Morgan fingerprint density at radius 2 is 1.88 bits per heavy atom. The first-order valence-corrected chi connectivity index (χ1v) is 11.5. The Labute approximate surface area is 190 Å². The number of nitrogens with one attached hydrogen (secondary N) is 1. The van der Waals surface area contributed by atoms with Crippen molar-refractivity contribution in [3.63, 3.8) is 0 Å². The Bertz CT molecular complexity index is 1310. The Hall–Kier alpha value is -3.23. The van der Waals surface area contributed by atoms with E-state index < -0.39 is 5.72 Å². The molecule has 170 valence electrons. The predicted molar refractivity (Wildman–Crippen MR) is 122 cm³/mol. The number of aromatic amines is 1. The normalized spacial score (nSPS) is 19.4. The van der Waals surface area contributed by atoms with E-state index in [-0.39, 0.29) is 11.5 Å². The van der Waals surface area contributed by atoms with Crippen LogP contribution >= 0.6 is 0 Å². The number of benzene rings is 2. The van der Waals surface area contributed by atoms with E-state index in [9.17, 15) is 14.7 Å². The molecule has 0 spiro atoms. The highest BCUT2D eigenvalue weighted by Crippen LogP contribution is 2.39. The largest absolute Gasteiger partial charge is 0.492 e. The zero-order valence-corrected chi connectivity index (χ0v) is 18.3. The summed E-state index contributed by atoms with van der Waals surface area (Å²) in [5.74, 6) is 0.656. The third-order valence-electron chi connectivity index (χ3n) is 7.07. The zero-order valence-electron chi connectivity index (χ0n) is 18.3. The van der Waals surface area contributed by atoms with E-state index in [0.29, 0.717) is 55.9 Å². The summed E-state index contributed by atoms with van der Waals surface area (Å²) in [6.07, 6.45) is 2.91. The van der Waals surface area contributed by atoms with Crippen LogP contribution < -0.4 is 10.3 Å². The minimum atomic E-state index is -0.647. The number of carbonyl (C=O) groups is 1. The Morgan fingerprint density at radius 3 is 2.64 bits per heavy atom. The lowest BCUT2D eigenvalue weighted by Gasteiger charge is -2.37. The zero-order chi connectivity index (χ0) is 22.6. The van der Waals surface area contributed by atoms with Crippen LogP contribution in [0, 0.1) is 0 Å². The molecule has 1 amide bonds. The summed E-state index contributed by atoms with van der Waals surface area (Å²) in [6.45, 7) is 3.11. The van der Waals surface area contributed by atoms with Crippen molar-refractivity contribution in [1.82, 2.24) is 20.0 Å². The van der Waals surface area contributed by atoms with Crippen LogP contribution in [0.4, 0.5) is 0 Å². The van der Waals surface area contributed by atoms with E-state index in [0.717, 1.165) is 41.5 Å². The highest BCUT2D eigenvalue weighted by molar-refractivity contribution is 5.98. The van der Waals surface area contributed by atoms with Crippen LogP contribution in [-0.2, 0) is 12.8 Å². The van der Waals surface area contributed by atoms with E-state index in [4.69, 9.17) is 4.74 Å². The van der Waals surface area contributed by atoms with Gasteiger partial charge in [-0.05, 0) is 36.1 Å². The van der Waals surface area contributed by atoms with Gasteiger partial charge in [0.2, 0.25) is 0 Å². The maximum absolute atomic E-state index is 13.5. The first kappa shape index (κ1) is 20.4. The van der Waals surface area contributed by atoms with Crippen molar-refractivity contribution < 1.29 is 14.6 Å². The fraction of sp³-hybridized carbons (Fsp3) is 0.400. The van der Waals surface area contributed by atoms with Crippen molar-refractivity contribution in [1.29, 1.82) is 0 Å². The molecule has 3 heterocycles. The van der Waals surface area contributed by atoms with Gasteiger partial charge in [-0.1, -0.05) is 24.3 Å². The molecular weight excluding hydrogens is 420 g/mol. The summed E-state index contributed by atoms with van der Waals surface area (Å²) < 4.78 is 5.86. The molecule has 0 radical (unpaired) electrons. The van der Waals surface area contributed by atoms with Crippen LogP contribution in [-0.4, -0.2) is 69.5 Å². The highest BCUT2D eigenvalue weighted by Gasteiger charge is 2.47. The number of amides is 1. The van der Waals surface area contributed by atoms with E-state index in [1.54, 1.807) is 6.07 Å². The Balaban J connectivity index is 1.30. The number of ether oxygens (including phenoxy) is 1. The third kappa shape index (κ3) is 3.59. The molecule has 0 atom stereocenters. The molecule has 33 heavy (non-hydrogen) atoms. The van der Waals surface area contributed by atoms with E-state index in [2.05, 4.69) is 21.2 Å². The molecule has 0 unspecified atom stereocenters. The second-order valence-corrected chi connectivity index (χ2v) is 9.21. The topological polar surface area (TPSA) is 98.8 Å². The molecule has 3 aromatic rings. The summed E-state index contributed by atoms with van der Waals surface area (Å²) in [6, 6.07) is 11.4. The molecule has 2 N–H and O–H groups in total. The van der Waals surface area contributed by atoms with E-state index in [1.165, 1.54) is 0 Å². The number of carbonyl (C=O) groups excluding carboxylic acids is 1. The minimum Gasteiger partial charge on any atom is -0.492 e. The molecule has 8 nitrogen and oxygen atoms in total. The standard InChI is InChI=1S/C25H26N4O4/c30-23-19-4-2-1-3-18(19)21(26-27-23)15-16-13-17-5-12-33-22(17)20(14-16)24(31)28-8-10-29(11-9-28)25(32)6-7-25/h1-4,13-14,32H,5-12,15H2,(H,27,30). The second kappa shape index (κ2) is 7.67. The van der Waals surface area contributed by atoms with Gasteiger partial charge in [0.15, 0.2) is 0 Å². The molecule has 0 bridgehead atoms. The minimum absolute atomic E-state index is 0.0308. The summed E-state index contributed by atoms with van der Waals surface area (Å²) in [5.41, 5.74) is 2.52. The van der Waals surface area contributed by atoms with Gasteiger partial charge >= 0.3 is 0 Å². The molecule has 1 saturated heterocycles. The van der Waals surface area contributed by atoms with Crippen LogP contribution in [0.1, 0.15) is 40.0 Å². The molecule has 2 fully saturated rings. The monoisotopic (exact) mass is 446 g/mol.